The normalized spacial score (nSPS) is 14.1. The number of hydrogen-bond donors (Lipinski definition) is 1. The zero-order chi connectivity index (χ0) is 26.0. The van der Waals surface area contributed by atoms with Crippen LogP contribution in [0, 0.1) is 0 Å². The standard InChI is InChI=1S/C29H24F3N3O2/c30-29(31,32)24-13-7-12-22-26(23(17-33-27(22)24)28(37)19-8-2-1-3-9-19)20-10-6-11-21(16-20)34-25(36)18-35-14-4-5-15-35/h1-3,6-13,16-17H,4-5,14-15,18H2,(H,34,36). The van der Waals surface area contributed by atoms with Crippen molar-refractivity contribution in [3.8, 4) is 11.1 Å². The molecule has 0 unspecified atom stereocenters. The van der Waals surface area contributed by atoms with Gasteiger partial charge in [-0.15, -0.1) is 0 Å². The van der Waals surface area contributed by atoms with Crippen molar-refractivity contribution in [3.63, 3.8) is 0 Å². The molecule has 0 spiro atoms. The Morgan fingerprint density at radius 3 is 2.38 bits per heavy atom. The molecule has 0 bridgehead atoms. The van der Waals surface area contributed by atoms with Gasteiger partial charge in [0.2, 0.25) is 5.91 Å². The smallest absolute Gasteiger partial charge is 0.325 e. The van der Waals surface area contributed by atoms with Crippen LogP contribution in [0.5, 0.6) is 0 Å². The number of nitrogens with zero attached hydrogens (tertiary/aromatic N) is 2. The SMILES string of the molecule is O=C(CN1CCCC1)Nc1cccc(-c2c(C(=O)c3ccccc3)cnc3c(C(F)(F)F)cccc23)c1. The molecule has 0 atom stereocenters. The van der Waals surface area contributed by atoms with Crippen molar-refractivity contribution in [2.45, 2.75) is 19.0 Å². The molecular weight excluding hydrogens is 479 g/mol. The molecule has 0 radical (unpaired) electrons. The number of rotatable bonds is 6. The van der Waals surface area contributed by atoms with Crippen molar-refractivity contribution in [1.29, 1.82) is 0 Å². The fourth-order valence-electron chi connectivity index (χ4n) is 4.78. The highest BCUT2D eigenvalue weighted by Crippen LogP contribution is 2.39. The molecule has 0 saturated carbocycles. The van der Waals surface area contributed by atoms with Crippen LogP contribution in [0.4, 0.5) is 18.9 Å². The number of nitrogens with one attached hydrogen (secondary N) is 1. The number of halogens is 3. The van der Waals surface area contributed by atoms with Crippen molar-refractivity contribution in [3.05, 3.63) is 95.7 Å². The number of amides is 1. The molecule has 188 valence electrons. The van der Waals surface area contributed by atoms with E-state index in [0.717, 1.165) is 32.0 Å². The topological polar surface area (TPSA) is 62.3 Å². The number of aromatic nitrogens is 1. The van der Waals surface area contributed by atoms with Gasteiger partial charge in [0.1, 0.15) is 0 Å². The maximum atomic E-state index is 13.8. The summed E-state index contributed by atoms with van der Waals surface area (Å²) in [7, 11) is 0. The molecule has 1 aliphatic heterocycles. The maximum Gasteiger partial charge on any atom is 0.418 e. The van der Waals surface area contributed by atoms with E-state index in [1.54, 1.807) is 54.6 Å². The quantitative estimate of drug-likeness (QED) is 0.319. The second-order valence-corrected chi connectivity index (χ2v) is 9.05. The molecule has 5 rings (SSSR count). The minimum absolute atomic E-state index is 0.168. The van der Waals surface area contributed by atoms with E-state index < -0.39 is 11.7 Å². The van der Waals surface area contributed by atoms with E-state index in [9.17, 15) is 22.8 Å². The van der Waals surface area contributed by atoms with Gasteiger partial charge >= 0.3 is 6.18 Å². The van der Waals surface area contributed by atoms with Gasteiger partial charge in [0.15, 0.2) is 5.78 Å². The van der Waals surface area contributed by atoms with Crippen LogP contribution in [0.3, 0.4) is 0 Å². The molecule has 4 aromatic rings. The number of alkyl halides is 3. The average molecular weight is 504 g/mol. The number of fused-ring (bicyclic) bond motifs is 1. The first-order chi connectivity index (χ1) is 17.8. The predicted molar refractivity (Wildman–Crippen MR) is 136 cm³/mol. The lowest BCUT2D eigenvalue weighted by Crippen LogP contribution is -2.30. The van der Waals surface area contributed by atoms with Crippen LogP contribution in [0.2, 0.25) is 0 Å². The molecular formula is C29H24F3N3O2. The third-order valence-electron chi connectivity index (χ3n) is 6.48. The molecule has 1 amide bonds. The Morgan fingerprint density at radius 2 is 1.65 bits per heavy atom. The summed E-state index contributed by atoms with van der Waals surface area (Å²) in [5.74, 6) is -0.524. The summed E-state index contributed by atoms with van der Waals surface area (Å²) < 4.78 is 41.4. The lowest BCUT2D eigenvalue weighted by Gasteiger charge is -2.17. The van der Waals surface area contributed by atoms with E-state index in [0.29, 0.717) is 22.4 Å². The van der Waals surface area contributed by atoms with Crippen molar-refractivity contribution < 1.29 is 22.8 Å². The molecule has 1 aliphatic rings. The second kappa shape index (κ2) is 10.1. The van der Waals surface area contributed by atoms with Crippen molar-refractivity contribution in [1.82, 2.24) is 9.88 Å². The number of hydrogen-bond acceptors (Lipinski definition) is 4. The van der Waals surface area contributed by atoms with E-state index in [2.05, 4.69) is 15.2 Å². The molecule has 5 nitrogen and oxygen atoms in total. The van der Waals surface area contributed by atoms with Gasteiger partial charge in [-0.3, -0.25) is 19.5 Å². The first kappa shape index (κ1) is 24.6. The molecule has 1 N–H and O–H groups in total. The monoisotopic (exact) mass is 503 g/mol. The van der Waals surface area contributed by atoms with Gasteiger partial charge in [-0.05, 0) is 49.7 Å². The Morgan fingerprint density at radius 1 is 0.919 bits per heavy atom. The van der Waals surface area contributed by atoms with Gasteiger partial charge in [-0.2, -0.15) is 13.2 Å². The summed E-state index contributed by atoms with van der Waals surface area (Å²) in [5, 5.41) is 3.09. The maximum absolute atomic E-state index is 13.8. The second-order valence-electron chi connectivity index (χ2n) is 9.05. The van der Waals surface area contributed by atoms with Gasteiger partial charge in [0.25, 0.3) is 0 Å². The Kier molecular flexibility index (Phi) is 6.76. The zero-order valence-corrected chi connectivity index (χ0v) is 19.9. The Hall–Kier alpha value is -4.04. The Balaban J connectivity index is 1.62. The van der Waals surface area contributed by atoms with Gasteiger partial charge < -0.3 is 5.32 Å². The lowest BCUT2D eigenvalue weighted by atomic mass is 9.91. The number of benzene rings is 3. The minimum atomic E-state index is -4.61. The van der Waals surface area contributed by atoms with Crippen molar-refractivity contribution >= 4 is 28.3 Å². The zero-order valence-electron chi connectivity index (χ0n) is 19.9. The van der Waals surface area contributed by atoms with E-state index >= 15 is 0 Å². The van der Waals surface area contributed by atoms with Gasteiger partial charge in [-0.25, -0.2) is 0 Å². The number of para-hydroxylation sites is 1. The molecule has 3 aromatic carbocycles. The molecule has 2 heterocycles. The van der Waals surface area contributed by atoms with E-state index in [1.807, 2.05) is 0 Å². The number of pyridine rings is 1. The highest BCUT2D eigenvalue weighted by Gasteiger charge is 2.34. The largest absolute Gasteiger partial charge is 0.418 e. The van der Waals surface area contributed by atoms with Crippen molar-refractivity contribution in [2.75, 3.05) is 25.0 Å². The first-order valence-corrected chi connectivity index (χ1v) is 12.0. The van der Waals surface area contributed by atoms with Gasteiger partial charge in [-0.1, -0.05) is 54.6 Å². The molecule has 37 heavy (non-hydrogen) atoms. The molecule has 1 fully saturated rings. The number of likely N-dealkylation sites (tertiary alicyclic amines) is 1. The number of carbonyl (C=O) groups excluding carboxylic acids is 2. The first-order valence-electron chi connectivity index (χ1n) is 12.0. The summed E-state index contributed by atoms with van der Waals surface area (Å²) in [6.07, 6.45) is -1.27. The molecule has 1 saturated heterocycles. The summed E-state index contributed by atoms with van der Waals surface area (Å²) in [5.41, 5.74) is 0.797. The number of anilines is 1. The molecule has 0 aliphatic carbocycles. The highest BCUT2D eigenvalue weighted by atomic mass is 19.4. The van der Waals surface area contributed by atoms with Crippen LogP contribution in [0.1, 0.15) is 34.3 Å². The van der Waals surface area contributed by atoms with Crippen molar-refractivity contribution in [2.24, 2.45) is 0 Å². The Bertz CT molecular complexity index is 1460. The van der Waals surface area contributed by atoms with Gasteiger partial charge in [0.05, 0.1) is 17.6 Å². The Labute approximate surface area is 211 Å². The molecule has 1 aromatic heterocycles. The van der Waals surface area contributed by atoms with Crippen LogP contribution < -0.4 is 5.32 Å². The summed E-state index contributed by atoms with van der Waals surface area (Å²) in [6, 6.07) is 19.2. The number of ketones is 1. The fraction of sp³-hybridized carbons (Fsp3) is 0.207. The van der Waals surface area contributed by atoms with Crippen LogP contribution in [0.25, 0.3) is 22.0 Å². The minimum Gasteiger partial charge on any atom is -0.325 e. The third kappa shape index (κ3) is 5.24. The van der Waals surface area contributed by atoms with Crippen LogP contribution in [0.15, 0.2) is 79.0 Å². The summed E-state index contributed by atoms with van der Waals surface area (Å²) >= 11 is 0. The fourth-order valence-corrected chi connectivity index (χ4v) is 4.78. The van der Waals surface area contributed by atoms with Crippen LogP contribution in [-0.2, 0) is 11.0 Å². The highest BCUT2D eigenvalue weighted by molar-refractivity contribution is 6.17. The van der Waals surface area contributed by atoms with E-state index in [1.165, 1.54) is 18.3 Å². The predicted octanol–water partition coefficient (Wildman–Crippen LogP) is 6.19. The van der Waals surface area contributed by atoms with Gasteiger partial charge in [0, 0.05) is 34.0 Å². The summed E-state index contributed by atoms with van der Waals surface area (Å²) in [4.78, 5) is 32.3. The average Bonchev–Trinajstić information content (AvgIpc) is 3.40. The number of carbonyl (C=O) groups is 2. The summed E-state index contributed by atoms with van der Waals surface area (Å²) in [6.45, 7) is 2.03. The molecule has 8 heteroatoms. The van der Waals surface area contributed by atoms with E-state index in [4.69, 9.17) is 0 Å². The van der Waals surface area contributed by atoms with E-state index in [-0.39, 0.29) is 34.7 Å². The van der Waals surface area contributed by atoms with Crippen LogP contribution >= 0.6 is 0 Å². The lowest BCUT2D eigenvalue weighted by molar-refractivity contribution is -0.136. The third-order valence-corrected chi connectivity index (χ3v) is 6.48. The van der Waals surface area contributed by atoms with Crippen LogP contribution in [-0.4, -0.2) is 41.2 Å².